The van der Waals surface area contributed by atoms with Crippen LogP contribution in [0.4, 0.5) is 0 Å². The molecule has 0 bridgehead atoms. The number of rotatable bonds is 11. The van der Waals surface area contributed by atoms with Crippen molar-refractivity contribution < 1.29 is 16.8 Å². The fraction of sp³-hybridized carbons (Fsp3) is 0.250. The van der Waals surface area contributed by atoms with E-state index in [4.69, 9.17) is 0 Å². The summed E-state index contributed by atoms with van der Waals surface area (Å²) >= 11 is 0. The van der Waals surface area contributed by atoms with E-state index in [1.165, 1.54) is 0 Å². The Bertz CT molecular complexity index is 1380. The van der Waals surface area contributed by atoms with Gasteiger partial charge in [0.05, 0.1) is 11.0 Å². The monoisotopic (exact) mass is 498 g/mol. The molecule has 0 aliphatic rings. The van der Waals surface area contributed by atoms with Crippen LogP contribution in [0.25, 0.3) is 21.8 Å². The van der Waals surface area contributed by atoms with Crippen LogP contribution in [-0.4, -0.2) is 39.9 Å². The largest absolute Gasteiger partial charge is 0.255 e. The van der Waals surface area contributed by atoms with E-state index in [1.54, 1.807) is 48.8 Å². The summed E-state index contributed by atoms with van der Waals surface area (Å²) in [5, 5.41) is 1.54. The molecule has 0 unspecified atom stereocenters. The summed E-state index contributed by atoms with van der Waals surface area (Å²) in [6.07, 6.45) is 6.00. The second kappa shape index (κ2) is 10.6. The molecule has 0 amide bonds. The zero-order chi connectivity index (χ0) is 24.0. The summed E-state index contributed by atoms with van der Waals surface area (Å²) in [5.74, 6) is 0. The SMILES string of the molecule is O=S(=O)(NCCCCCCNS(=O)(=O)c1cccc2cccnc12)c1cccc2cccnc12. The first kappa shape index (κ1) is 24.2. The molecule has 4 rings (SSSR count). The summed E-state index contributed by atoms with van der Waals surface area (Å²) < 4.78 is 56.0. The number of aromatic nitrogens is 2. The minimum Gasteiger partial charge on any atom is -0.255 e. The molecule has 0 spiro atoms. The molecular weight excluding hydrogens is 472 g/mol. The van der Waals surface area contributed by atoms with E-state index in [-0.39, 0.29) is 9.79 Å². The van der Waals surface area contributed by atoms with E-state index in [0.29, 0.717) is 37.0 Å². The number of nitrogens with one attached hydrogen (secondary N) is 2. The third kappa shape index (κ3) is 5.58. The van der Waals surface area contributed by atoms with Crippen LogP contribution in [0.2, 0.25) is 0 Å². The standard InChI is InChI=1S/C24H26N4O4S2/c29-33(30,21-13-5-9-19-11-7-15-25-23(19)21)27-17-3-1-2-4-18-28-34(31,32)22-14-6-10-20-12-8-16-26-24(20)22/h5-16,27-28H,1-4,17-18H2. The van der Waals surface area contributed by atoms with Gasteiger partial charge < -0.3 is 0 Å². The van der Waals surface area contributed by atoms with Crippen molar-refractivity contribution >= 4 is 41.9 Å². The molecule has 0 atom stereocenters. The molecule has 2 heterocycles. The molecule has 2 N–H and O–H groups in total. The Morgan fingerprint density at radius 2 is 0.971 bits per heavy atom. The van der Waals surface area contributed by atoms with Gasteiger partial charge in [0.15, 0.2) is 0 Å². The van der Waals surface area contributed by atoms with Crippen LogP contribution in [0.5, 0.6) is 0 Å². The highest BCUT2D eigenvalue weighted by molar-refractivity contribution is 7.90. The quantitative estimate of drug-likeness (QED) is 0.305. The molecule has 0 fully saturated rings. The van der Waals surface area contributed by atoms with Gasteiger partial charge in [0, 0.05) is 36.3 Å². The molecule has 8 nitrogen and oxygen atoms in total. The number of nitrogens with zero attached hydrogens (tertiary/aromatic N) is 2. The molecule has 2 aromatic carbocycles. The maximum Gasteiger partial charge on any atom is 0.242 e. The first-order valence-corrected chi connectivity index (χ1v) is 14.0. The van der Waals surface area contributed by atoms with Crippen LogP contribution in [0.3, 0.4) is 0 Å². The zero-order valence-corrected chi connectivity index (χ0v) is 20.1. The smallest absolute Gasteiger partial charge is 0.242 e. The van der Waals surface area contributed by atoms with E-state index in [2.05, 4.69) is 19.4 Å². The second-order valence-corrected chi connectivity index (χ2v) is 11.3. The Kier molecular flexibility index (Phi) is 7.52. The fourth-order valence-electron chi connectivity index (χ4n) is 3.76. The van der Waals surface area contributed by atoms with Gasteiger partial charge in [0.25, 0.3) is 0 Å². The van der Waals surface area contributed by atoms with Crippen LogP contribution < -0.4 is 9.44 Å². The number of pyridine rings is 2. The molecule has 0 radical (unpaired) electrons. The normalized spacial score (nSPS) is 12.4. The van der Waals surface area contributed by atoms with Crippen LogP contribution in [0.15, 0.2) is 82.8 Å². The fourth-order valence-corrected chi connectivity index (χ4v) is 6.26. The number of hydrogen-bond donors (Lipinski definition) is 2. The molecule has 0 aliphatic heterocycles. The number of sulfonamides is 2. The number of benzene rings is 2. The molecule has 2 aromatic heterocycles. The highest BCUT2D eigenvalue weighted by atomic mass is 32.2. The van der Waals surface area contributed by atoms with Crippen molar-refractivity contribution in [2.45, 2.75) is 35.5 Å². The highest BCUT2D eigenvalue weighted by Crippen LogP contribution is 2.21. The predicted octanol–water partition coefficient (Wildman–Crippen LogP) is 3.60. The minimum absolute atomic E-state index is 0.169. The summed E-state index contributed by atoms with van der Waals surface area (Å²) in [6, 6.07) is 17.3. The molecule has 0 aliphatic carbocycles. The van der Waals surface area contributed by atoms with Gasteiger partial charge in [-0.2, -0.15) is 0 Å². The van der Waals surface area contributed by atoms with Crippen LogP contribution in [0.1, 0.15) is 25.7 Å². The Morgan fingerprint density at radius 1 is 0.559 bits per heavy atom. The lowest BCUT2D eigenvalue weighted by Crippen LogP contribution is -2.26. The van der Waals surface area contributed by atoms with Gasteiger partial charge in [-0.25, -0.2) is 26.3 Å². The number of unbranched alkanes of at least 4 members (excludes halogenated alkanes) is 3. The Balaban J connectivity index is 1.22. The Morgan fingerprint density at radius 3 is 1.41 bits per heavy atom. The topological polar surface area (TPSA) is 118 Å². The van der Waals surface area contributed by atoms with Gasteiger partial charge in [-0.15, -0.1) is 0 Å². The van der Waals surface area contributed by atoms with Gasteiger partial charge in [-0.1, -0.05) is 49.2 Å². The van der Waals surface area contributed by atoms with E-state index < -0.39 is 20.0 Å². The zero-order valence-electron chi connectivity index (χ0n) is 18.5. The van der Waals surface area contributed by atoms with Crippen LogP contribution >= 0.6 is 0 Å². The van der Waals surface area contributed by atoms with E-state index in [1.807, 2.05) is 24.3 Å². The predicted molar refractivity (Wildman–Crippen MR) is 132 cm³/mol. The second-order valence-electron chi connectivity index (χ2n) is 7.87. The summed E-state index contributed by atoms with van der Waals surface area (Å²) in [5.41, 5.74) is 0.900. The first-order chi connectivity index (χ1) is 16.4. The number of hydrogen-bond acceptors (Lipinski definition) is 6. The van der Waals surface area contributed by atoms with Crippen molar-refractivity contribution in [3.63, 3.8) is 0 Å². The lowest BCUT2D eigenvalue weighted by atomic mass is 10.2. The molecule has 0 saturated carbocycles. The highest BCUT2D eigenvalue weighted by Gasteiger charge is 2.18. The van der Waals surface area contributed by atoms with Gasteiger partial charge in [0.1, 0.15) is 9.79 Å². The number of fused-ring (bicyclic) bond motifs is 2. The first-order valence-electron chi connectivity index (χ1n) is 11.1. The maximum atomic E-state index is 12.7. The lowest BCUT2D eigenvalue weighted by Gasteiger charge is -2.10. The summed E-state index contributed by atoms with van der Waals surface area (Å²) in [4.78, 5) is 8.75. The molecule has 178 valence electrons. The maximum absolute atomic E-state index is 12.7. The third-order valence-electron chi connectivity index (χ3n) is 5.46. The van der Waals surface area contributed by atoms with E-state index in [0.717, 1.165) is 23.6 Å². The van der Waals surface area contributed by atoms with Crippen LogP contribution in [0, 0.1) is 0 Å². The Labute approximate surface area is 199 Å². The van der Waals surface area contributed by atoms with Crippen molar-refractivity contribution in [1.82, 2.24) is 19.4 Å². The molecule has 0 saturated heterocycles. The average molecular weight is 499 g/mol. The molecule has 4 aromatic rings. The summed E-state index contributed by atoms with van der Waals surface area (Å²) in [7, 11) is -7.32. The van der Waals surface area contributed by atoms with Crippen molar-refractivity contribution in [3.05, 3.63) is 73.1 Å². The summed E-state index contributed by atoms with van der Waals surface area (Å²) in [6.45, 7) is 0.609. The molecule has 10 heteroatoms. The third-order valence-corrected chi connectivity index (χ3v) is 8.44. The van der Waals surface area contributed by atoms with Gasteiger partial charge in [0.2, 0.25) is 20.0 Å². The minimum atomic E-state index is -3.66. The van der Waals surface area contributed by atoms with Crippen molar-refractivity contribution in [2.24, 2.45) is 0 Å². The van der Waals surface area contributed by atoms with Gasteiger partial charge >= 0.3 is 0 Å². The molecular formula is C24H26N4O4S2. The lowest BCUT2D eigenvalue weighted by molar-refractivity contribution is 0.563. The van der Waals surface area contributed by atoms with E-state index >= 15 is 0 Å². The van der Waals surface area contributed by atoms with E-state index in [9.17, 15) is 16.8 Å². The molecule has 34 heavy (non-hydrogen) atoms. The van der Waals surface area contributed by atoms with Gasteiger partial charge in [-0.05, 0) is 37.1 Å². The number of para-hydroxylation sites is 2. The Hall–Kier alpha value is -2.92. The van der Waals surface area contributed by atoms with Gasteiger partial charge in [-0.3, -0.25) is 9.97 Å². The average Bonchev–Trinajstić information content (AvgIpc) is 2.84. The van der Waals surface area contributed by atoms with Crippen molar-refractivity contribution in [1.29, 1.82) is 0 Å². The van der Waals surface area contributed by atoms with Crippen molar-refractivity contribution in [2.75, 3.05) is 13.1 Å². The van der Waals surface area contributed by atoms with Crippen molar-refractivity contribution in [3.8, 4) is 0 Å². The van der Waals surface area contributed by atoms with Crippen LogP contribution in [-0.2, 0) is 20.0 Å².